The predicted molar refractivity (Wildman–Crippen MR) is 93.3 cm³/mol. The molecular formula is C19H30N2O2. The maximum absolute atomic E-state index is 12.5. The van der Waals surface area contributed by atoms with Crippen LogP contribution >= 0.6 is 0 Å². The Balaban J connectivity index is 2.02. The van der Waals surface area contributed by atoms with Gasteiger partial charge in [0.05, 0.1) is 0 Å². The van der Waals surface area contributed by atoms with E-state index >= 15 is 0 Å². The molecule has 0 N–H and O–H groups in total. The molecule has 1 heterocycles. The summed E-state index contributed by atoms with van der Waals surface area (Å²) in [6.07, 6.45) is -0.196. The maximum atomic E-state index is 12.5. The van der Waals surface area contributed by atoms with Gasteiger partial charge in [0, 0.05) is 32.2 Å². The quantitative estimate of drug-likeness (QED) is 0.832. The van der Waals surface area contributed by atoms with Gasteiger partial charge in [-0.05, 0) is 39.2 Å². The summed E-state index contributed by atoms with van der Waals surface area (Å²) in [7, 11) is 0. The maximum Gasteiger partial charge on any atom is 0.410 e. The number of hydrogen-bond donors (Lipinski definition) is 0. The Hall–Kier alpha value is -1.55. The van der Waals surface area contributed by atoms with Gasteiger partial charge in [0.15, 0.2) is 0 Å². The largest absolute Gasteiger partial charge is 0.444 e. The second-order valence-electron chi connectivity index (χ2n) is 7.61. The van der Waals surface area contributed by atoms with Crippen LogP contribution in [-0.4, -0.2) is 47.2 Å². The molecule has 23 heavy (non-hydrogen) atoms. The second-order valence-corrected chi connectivity index (χ2v) is 7.61. The fourth-order valence-electron chi connectivity index (χ4n) is 2.97. The van der Waals surface area contributed by atoms with E-state index in [9.17, 15) is 4.79 Å². The van der Waals surface area contributed by atoms with Crippen molar-refractivity contribution >= 4 is 6.09 Å². The molecule has 0 aromatic heterocycles. The highest BCUT2D eigenvalue weighted by atomic mass is 16.6. The summed E-state index contributed by atoms with van der Waals surface area (Å²) >= 11 is 0. The fraction of sp³-hybridized carbons (Fsp3) is 0.632. The van der Waals surface area contributed by atoms with E-state index in [-0.39, 0.29) is 12.1 Å². The summed E-state index contributed by atoms with van der Waals surface area (Å²) in [6.45, 7) is 13.6. The molecule has 1 saturated heterocycles. The number of hydrogen-bond acceptors (Lipinski definition) is 3. The Morgan fingerprint density at radius 2 is 1.83 bits per heavy atom. The lowest BCUT2D eigenvalue weighted by Crippen LogP contribution is -2.45. The van der Waals surface area contributed by atoms with Crippen molar-refractivity contribution in [3.63, 3.8) is 0 Å². The van der Waals surface area contributed by atoms with Crippen molar-refractivity contribution in [2.45, 2.75) is 52.8 Å². The lowest BCUT2D eigenvalue weighted by atomic mass is 10.0. The molecular weight excluding hydrogens is 288 g/mol. The summed E-state index contributed by atoms with van der Waals surface area (Å²) in [6, 6.07) is 10.7. The van der Waals surface area contributed by atoms with E-state index in [2.05, 4.69) is 43.0 Å². The van der Waals surface area contributed by atoms with Crippen molar-refractivity contribution in [1.29, 1.82) is 0 Å². The van der Waals surface area contributed by atoms with Crippen molar-refractivity contribution in [3.8, 4) is 0 Å². The van der Waals surface area contributed by atoms with Gasteiger partial charge in [-0.2, -0.15) is 0 Å². The van der Waals surface area contributed by atoms with E-state index in [4.69, 9.17) is 4.74 Å². The number of ether oxygens (including phenoxy) is 1. The highest BCUT2D eigenvalue weighted by molar-refractivity contribution is 5.68. The zero-order chi connectivity index (χ0) is 17.0. The molecule has 1 fully saturated rings. The van der Waals surface area contributed by atoms with Crippen LogP contribution in [0.1, 0.15) is 40.2 Å². The lowest BCUT2D eigenvalue weighted by Gasteiger charge is -2.32. The van der Waals surface area contributed by atoms with Crippen molar-refractivity contribution < 1.29 is 9.53 Å². The molecule has 0 spiro atoms. The van der Waals surface area contributed by atoms with Crippen LogP contribution in [0.5, 0.6) is 0 Å². The lowest BCUT2D eigenvalue weighted by molar-refractivity contribution is 0.0155. The molecule has 4 heteroatoms. The summed E-state index contributed by atoms with van der Waals surface area (Å²) < 4.78 is 5.57. The Kier molecular flexibility index (Phi) is 5.69. The number of amides is 1. The number of rotatable bonds is 2. The second kappa shape index (κ2) is 7.35. The molecule has 1 aliphatic rings. The molecule has 0 saturated carbocycles. The third kappa shape index (κ3) is 5.24. The zero-order valence-electron chi connectivity index (χ0n) is 15.1. The van der Waals surface area contributed by atoms with E-state index in [0.717, 1.165) is 19.6 Å². The summed E-state index contributed by atoms with van der Waals surface area (Å²) in [5, 5.41) is 0. The standard InChI is InChI=1S/C19H30N2O2/c1-15-13-20(14-17-9-7-6-8-10-17)11-12-21(16(15)2)18(22)23-19(3,4)5/h6-10,15-16H,11-14H2,1-5H3/t15?,16-/m1/s1. The monoisotopic (exact) mass is 318 g/mol. The summed E-state index contributed by atoms with van der Waals surface area (Å²) in [5.41, 5.74) is 0.869. The topological polar surface area (TPSA) is 32.8 Å². The minimum absolute atomic E-state index is 0.186. The Morgan fingerprint density at radius 3 is 2.43 bits per heavy atom. The van der Waals surface area contributed by atoms with Crippen LogP contribution < -0.4 is 0 Å². The van der Waals surface area contributed by atoms with Gasteiger partial charge in [-0.3, -0.25) is 4.90 Å². The molecule has 1 aromatic rings. The van der Waals surface area contributed by atoms with Gasteiger partial charge in [-0.1, -0.05) is 37.3 Å². The number of carbonyl (C=O) groups excluding carboxylic acids is 1. The number of carbonyl (C=O) groups is 1. The highest BCUT2D eigenvalue weighted by Gasteiger charge is 2.32. The van der Waals surface area contributed by atoms with Gasteiger partial charge >= 0.3 is 6.09 Å². The third-order valence-corrected chi connectivity index (χ3v) is 4.40. The van der Waals surface area contributed by atoms with Gasteiger partial charge in [0.25, 0.3) is 0 Å². The average molecular weight is 318 g/mol. The van der Waals surface area contributed by atoms with E-state index in [1.54, 1.807) is 0 Å². The highest BCUT2D eigenvalue weighted by Crippen LogP contribution is 2.21. The Bertz CT molecular complexity index is 510. The van der Waals surface area contributed by atoms with Crippen LogP contribution in [0.25, 0.3) is 0 Å². The van der Waals surface area contributed by atoms with Crippen LogP contribution in [0.2, 0.25) is 0 Å². The van der Waals surface area contributed by atoms with Crippen LogP contribution in [0.3, 0.4) is 0 Å². The molecule has 4 nitrogen and oxygen atoms in total. The average Bonchev–Trinajstić information content (AvgIpc) is 2.58. The molecule has 2 rings (SSSR count). The smallest absolute Gasteiger partial charge is 0.410 e. The van der Waals surface area contributed by atoms with Crippen molar-refractivity contribution in [2.75, 3.05) is 19.6 Å². The van der Waals surface area contributed by atoms with Crippen LogP contribution in [0, 0.1) is 5.92 Å². The predicted octanol–water partition coefficient (Wildman–Crippen LogP) is 3.76. The molecule has 0 aliphatic carbocycles. The van der Waals surface area contributed by atoms with Gasteiger partial charge in [-0.25, -0.2) is 4.79 Å². The fourth-order valence-corrected chi connectivity index (χ4v) is 2.97. The summed E-state index contributed by atoms with van der Waals surface area (Å²) in [4.78, 5) is 16.8. The molecule has 0 bridgehead atoms. The first-order valence-corrected chi connectivity index (χ1v) is 8.52. The normalized spacial score (nSPS) is 23.4. The van der Waals surface area contributed by atoms with E-state index in [1.807, 2.05) is 31.7 Å². The molecule has 1 unspecified atom stereocenters. The first-order chi connectivity index (χ1) is 10.8. The molecule has 1 amide bonds. The van der Waals surface area contributed by atoms with Crippen LogP contribution in [0.15, 0.2) is 30.3 Å². The Labute approximate surface area is 140 Å². The zero-order valence-corrected chi connectivity index (χ0v) is 15.1. The minimum Gasteiger partial charge on any atom is -0.444 e. The van der Waals surface area contributed by atoms with E-state index in [1.165, 1.54) is 5.56 Å². The van der Waals surface area contributed by atoms with Crippen LogP contribution in [0.4, 0.5) is 4.79 Å². The summed E-state index contributed by atoms with van der Waals surface area (Å²) in [5.74, 6) is 0.411. The van der Waals surface area contributed by atoms with Gasteiger partial charge in [-0.15, -0.1) is 0 Å². The third-order valence-electron chi connectivity index (χ3n) is 4.40. The first kappa shape index (κ1) is 17.8. The van der Waals surface area contributed by atoms with Crippen molar-refractivity contribution in [1.82, 2.24) is 9.80 Å². The molecule has 128 valence electrons. The van der Waals surface area contributed by atoms with Gasteiger partial charge in [0.2, 0.25) is 0 Å². The molecule has 0 radical (unpaired) electrons. The van der Waals surface area contributed by atoms with E-state index < -0.39 is 5.60 Å². The van der Waals surface area contributed by atoms with Gasteiger partial charge in [0.1, 0.15) is 5.60 Å². The molecule has 1 aromatic carbocycles. The number of benzene rings is 1. The SMILES string of the molecule is CC1CN(Cc2ccccc2)CCN(C(=O)OC(C)(C)C)[C@@H]1C. The minimum atomic E-state index is -0.448. The Morgan fingerprint density at radius 1 is 1.17 bits per heavy atom. The van der Waals surface area contributed by atoms with Crippen LogP contribution in [-0.2, 0) is 11.3 Å². The first-order valence-electron chi connectivity index (χ1n) is 8.52. The van der Waals surface area contributed by atoms with Crippen molar-refractivity contribution in [3.05, 3.63) is 35.9 Å². The molecule has 2 atom stereocenters. The number of nitrogens with zero attached hydrogens (tertiary/aromatic N) is 2. The molecule has 1 aliphatic heterocycles. The van der Waals surface area contributed by atoms with Crippen molar-refractivity contribution in [2.24, 2.45) is 5.92 Å². The van der Waals surface area contributed by atoms with E-state index in [0.29, 0.717) is 12.5 Å². The van der Waals surface area contributed by atoms with Gasteiger partial charge < -0.3 is 9.64 Å².